The standard InChI is InChI=1S/C16H20N2OS/c1-10(2)13-5-7-14(8-6-13)16(19)17-11(3)15-9-20-12(4)18-15/h5-11H,1-4H3,(H,17,19). The molecule has 0 aliphatic heterocycles. The van der Waals surface area contributed by atoms with Crippen LogP contribution in [0.5, 0.6) is 0 Å². The van der Waals surface area contributed by atoms with Crippen molar-refractivity contribution in [1.29, 1.82) is 0 Å². The van der Waals surface area contributed by atoms with Crippen LogP contribution in [0.2, 0.25) is 0 Å². The molecule has 1 unspecified atom stereocenters. The molecule has 0 saturated heterocycles. The molecule has 1 aromatic heterocycles. The Morgan fingerprint density at radius 1 is 1.20 bits per heavy atom. The molecule has 2 rings (SSSR count). The number of rotatable bonds is 4. The number of hydrogen-bond donors (Lipinski definition) is 1. The Labute approximate surface area is 124 Å². The van der Waals surface area contributed by atoms with E-state index >= 15 is 0 Å². The van der Waals surface area contributed by atoms with Gasteiger partial charge in [-0.2, -0.15) is 0 Å². The summed E-state index contributed by atoms with van der Waals surface area (Å²) in [5, 5.41) is 5.98. The van der Waals surface area contributed by atoms with Gasteiger partial charge in [-0.15, -0.1) is 11.3 Å². The molecule has 0 radical (unpaired) electrons. The normalized spacial score (nSPS) is 12.4. The molecular weight excluding hydrogens is 268 g/mol. The Balaban J connectivity index is 2.04. The van der Waals surface area contributed by atoms with Gasteiger partial charge in [-0.05, 0) is 37.5 Å². The first-order valence-electron chi connectivity index (χ1n) is 6.80. The molecule has 0 bridgehead atoms. The molecule has 0 fully saturated rings. The van der Waals surface area contributed by atoms with Crippen molar-refractivity contribution in [3.8, 4) is 0 Å². The third-order valence-electron chi connectivity index (χ3n) is 3.27. The van der Waals surface area contributed by atoms with Crippen LogP contribution in [0.3, 0.4) is 0 Å². The molecule has 2 aromatic rings. The highest BCUT2D eigenvalue weighted by Crippen LogP contribution is 2.17. The van der Waals surface area contributed by atoms with Gasteiger partial charge in [0.2, 0.25) is 0 Å². The van der Waals surface area contributed by atoms with E-state index in [9.17, 15) is 4.79 Å². The molecule has 106 valence electrons. The first-order chi connectivity index (χ1) is 9.47. The van der Waals surface area contributed by atoms with E-state index in [1.54, 1.807) is 11.3 Å². The van der Waals surface area contributed by atoms with Crippen molar-refractivity contribution in [3.05, 3.63) is 51.5 Å². The summed E-state index contributed by atoms with van der Waals surface area (Å²) < 4.78 is 0. The molecular formula is C16H20N2OS. The van der Waals surface area contributed by atoms with Gasteiger partial charge in [-0.25, -0.2) is 4.98 Å². The summed E-state index contributed by atoms with van der Waals surface area (Å²) in [5.41, 5.74) is 2.84. The number of hydrogen-bond acceptors (Lipinski definition) is 3. The van der Waals surface area contributed by atoms with Crippen LogP contribution in [0.4, 0.5) is 0 Å². The van der Waals surface area contributed by atoms with E-state index in [0.29, 0.717) is 11.5 Å². The fourth-order valence-corrected chi connectivity index (χ4v) is 2.66. The Hall–Kier alpha value is -1.68. The predicted octanol–water partition coefficient (Wildman–Crippen LogP) is 4.07. The number of nitrogens with one attached hydrogen (secondary N) is 1. The molecule has 1 aromatic carbocycles. The van der Waals surface area contributed by atoms with E-state index < -0.39 is 0 Å². The van der Waals surface area contributed by atoms with Crippen molar-refractivity contribution in [2.75, 3.05) is 0 Å². The van der Waals surface area contributed by atoms with E-state index in [-0.39, 0.29) is 11.9 Å². The average molecular weight is 288 g/mol. The van der Waals surface area contributed by atoms with Crippen molar-refractivity contribution >= 4 is 17.2 Å². The quantitative estimate of drug-likeness (QED) is 0.921. The fourth-order valence-electron chi connectivity index (χ4n) is 1.95. The SMILES string of the molecule is Cc1nc(C(C)NC(=O)c2ccc(C(C)C)cc2)cs1. The molecule has 20 heavy (non-hydrogen) atoms. The maximum atomic E-state index is 12.2. The molecule has 0 saturated carbocycles. The second kappa shape index (κ2) is 6.18. The van der Waals surface area contributed by atoms with Crippen molar-refractivity contribution in [2.45, 2.75) is 39.7 Å². The maximum absolute atomic E-state index is 12.2. The number of carbonyl (C=O) groups is 1. The number of aryl methyl sites for hydroxylation is 1. The van der Waals surface area contributed by atoms with Gasteiger partial charge in [0.25, 0.3) is 5.91 Å². The summed E-state index contributed by atoms with van der Waals surface area (Å²) in [7, 11) is 0. The Bertz CT molecular complexity index is 587. The minimum atomic E-state index is -0.0720. The lowest BCUT2D eigenvalue weighted by Gasteiger charge is -2.12. The van der Waals surface area contributed by atoms with Crippen LogP contribution in [-0.2, 0) is 0 Å². The fraction of sp³-hybridized carbons (Fsp3) is 0.375. The summed E-state index contributed by atoms with van der Waals surface area (Å²) in [5.74, 6) is 0.419. The zero-order chi connectivity index (χ0) is 14.7. The summed E-state index contributed by atoms with van der Waals surface area (Å²) in [6.07, 6.45) is 0. The van der Waals surface area contributed by atoms with Crippen LogP contribution < -0.4 is 5.32 Å². The molecule has 3 nitrogen and oxygen atoms in total. The van der Waals surface area contributed by atoms with E-state index in [4.69, 9.17) is 0 Å². The van der Waals surface area contributed by atoms with Crippen LogP contribution in [0.1, 0.15) is 59.4 Å². The van der Waals surface area contributed by atoms with Gasteiger partial charge in [0, 0.05) is 10.9 Å². The van der Waals surface area contributed by atoms with Crippen LogP contribution in [0.25, 0.3) is 0 Å². The predicted molar refractivity (Wildman–Crippen MR) is 83.3 cm³/mol. The van der Waals surface area contributed by atoms with Gasteiger partial charge in [0.1, 0.15) is 0 Å². The lowest BCUT2D eigenvalue weighted by atomic mass is 10.0. The summed E-state index contributed by atoms with van der Waals surface area (Å²) in [4.78, 5) is 16.6. The van der Waals surface area contributed by atoms with Crippen molar-refractivity contribution in [1.82, 2.24) is 10.3 Å². The van der Waals surface area contributed by atoms with Crippen molar-refractivity contribution in [3.63, 3.8) is 0 Å². The summed E-state index contributed by atoms with van der Waals surface area (Å²) in [6.45, 7) is 8.20. The number of aromatic nitrogens is 1. The summed E-state index contributed by atoms with van der Waals surface area (Å²) >= 11 is 1.60. The minimum Gasteiger partial charge on any atom is -0.344 e. The van der Waals surface area contributed by atoms with Crippen LogP contribution in [0.15, 0.2) is 29.6 Å². The van der Waals surface area contributed by atoms with Crippen molar-refractivity contribution < 1.29 is 4.79 Å². The van der Waals surface area contributed by atoms with Crippen LogP contribution in [-0.4, -0.2) is 10.9 Å². The number of thiazole rings is 1. The van der Waals surface area contributed by atoms with E-state index in [0.717, 1.165) is 10.7 Å². The zero-order valence-electron chi connectivity index (χ0n) is 12.3. The number of amides is 1. The van der Waals surface area contributed by atoms with Gasteiger partial charge in [-0.3, -0.25) is 4.79 Å². The lowest BCUT2D eigenvalue weighted by Crippen LogP contribution is -2.26. The number of nitrogens with zero attached hydrogens (tertiary/aromatic N) is 1. The van der Waals surface area contributed by atoms with E-state index in [1.165, 1.54) is 5.56 Å². The third kappa shape index (κ3) is 3.45. The van der Waals surface area contributed by atoms with Gasteiger partial charge in [0.15, 0.2) is 0 Å². The molecule has 1 amide bonds. The Morgan fingerprint density at radius 2 is 1.85 bits per heavy atom. The molecule has 0 aliphatic rings. The smallest absolute Gasteiger partial charge is 0.251 e. The highest BCUT2D eigenvalue weighted by atomic mass is 32.1. The first kappa shape index (κ1) is 14.7. The maximum Gasteiger partial charge on any atom is 0.251 e. The Kier molecular flexibility index (Phi) is 4.55. The van der Waals surface area contributed by atoms with E-state index in [2.05, 4.69) is 24.1 Å². The zero-order valence-corrected chi connectivity index (χ0v) is 13.1. The molecule has 0 aliphatic carbocycles. The highest BCUT2D eigenvalue weighted by molar-refractivity contribution is 7.09. The van der Waals surface area contributed by atoms with Crippen molar-refractivity contribution in [2.24, 2.45) is 0 Å². The van der Waals surface area contributed by atoms with Gasteiger partial charge >= 0.3 is 0 Å². The van der Waals surface area contributed by atoms with Gasteiger partial charge < -0.3 is 5.32 Å². The van der Waals surface area contributed by atoms with Gasteiger partial charge in [-0.1, -0.05) is 26.0 Å². The van der Waals surface area contributed by atoms with Crippen LogP contribution >= 0.6 is 11.3 Å². The molecule has 1 atom stereocenters. The van der Waals surface area contributed by atoms with Gasteiger partial charge in [0.05, 0.1) is 16.7 Å². The number of carbonyl (C=O) groups excluding carboxylic acids is 1. The number of benzene rings is 1. The highest BCUT2D eigenvalue weighted by Gasteiger charge is 2.13. The monoisotopic (exact) mass is 288 g/mol. The molecule has 1 heterocycles. The average Bonchev–Trinajstić information content (AvgIpc) is 2.85. The first-order valence-corrected chi connectivity index (χ1v) is 7.68. The third-order valence-corrected chi connectivity index (χ3v) is 4.06. The van der Waals surface area contributed by atoms with Crippen LogP contribution in [0, 0.1) is 6.92 Å². The molecule has 1 N–H and O–H groups in total. The largest absolute Gasteiger partial charge is 0.344 e. The second-order valence-electron chi connectivity index (χ2n) is 5.26. The Morgan fingerprint density at radius 3 is 2.35 bits per heavy atom. The minimum absolute atomic E-state index is 0.0570. The second-order valence-corrected chi connectivity index (χ2v) is 6.33. The van der Waals surface area contributed by atoms with E-state index in [1.807, 2.05) is 43.5 Å². The lowest BCUT2D eigenvalue weighted by molar-refractivity contribution is 0.0939. The summed E-state index contributed by atoms with van der Waals surface area (Å²) in [6, 6.07) is 7.71. The molecule has 4 heteroatoms. The topological polar surface area (TPSA) is 42.0 Å². The molecule has 0 spiro atoms.